The summed E-state index contributed by atoms with van der Waals surface area (Å²) in [4.78, 5) is 6.75. The molecule has 0 aliphatic heterocycles. The van der Waals surface area contributed by atoms with Crippen molar-refractivity contribution in [2.24, 2.45) is 0 Å². The molecule has 0 saturated heterocycles. The summed E-state index contributed by atoms with van der Waals surface area (Å²) in [6.07, 6.45) is 3.94. The number of nitrogens with zero attached hydrogens (tertiary/aromatic N) is 1. The molecule has 0 unspecified atom stereocenters. The van der Waals surface area contributed by atoms with Gasteiger partial charge in [-0.2, -0.15) is 0 Å². The molecule has 5 nitrogen and oxygen atoms in total. The van der Waals surface area contributed by atoms with Crippen molar-refractivity contribution in [3.8, 4) is 0 Å². The number of nitrogens with one attached hydrogen (secondary N) is 1. The predicted molar refractivity (Wildman–Crippen MR) is 48.2 cm³/mol. The molecule has 1 heterocycles. The largest absolute Gasteiger partial charge is 1.00 e. The Morgan fingerprint density at radius 1 is 1.57 bits per heavy atom. The van der Waals surface area contributed by atoms with E-state index >= 15 is 0 Å². The van der Waals surface area contributed by atoms with Gasteiger partial charge in [-0.3, -0.25) is 0 Å². The van der Waals surface area contributed by atoms with Crippen molar-refractivity contribution in [3.63, 3.8) is 0 Å². The molecule has 14 heavy (non-hydrogen) atoms. The van der Waals surface area contributed by atoms with Gasteiger partial charge in [0.25, 0.3) is 0 Å². The summed E-state index contributed by atoms with van der Waals surface area (Å²) in [6.45, 7) is 3.56. The SMILES string of the molecule is CCCS(=O)(=O)[O-].Cc1ncc[nH]1.[Na+]. The monoisotopic (exact) mass is 228 g/mol. The summed E-state index contributed by atoms with van der Waals surface area (Å²) < 4.78 is 29.0. The molecule has 7 heteroatoms. The van der Waals surface area contributed by atoms with Crippen LogP contribution in [0.25, 0.3) is 0 Å². The van der Waals surface area contributed by atoms with Gasteiger partial charge in [0.15, 0.2) is 0 Å². The number of aromatic amines is 1. The number of imidazole rings is 1. The Labute approximate surface area is 106 Å². The van der Waals surface area contributed by atoms with Crippen LogP contribution in [0.4, 0.5) is 0 Å². The quantitative estimate of drug-likeness (QED) is 0.454. The molecule has 1 rings (SSSR count). The zero-order valence-corrected chi connectivity index (χ0v) is 11.5. The average Bonchev–Trinajstić information content (AvgIpc) is 2.38. The number of H-pyrrole nitrogens is 1. The van der Waals surface area contributed by atoms with Gasteiger partial charge >= 0.3 is 29.6 Å². The average molecular weight is 228 g/mol. The van der Waals surface area contributed by atoms with Gasteiger partial charge in [0.1, 0.15) is 5.82 Å². The molecule has 0 bridgehead atoms. The maximum absolute atomic E-state index is 9.68. The topological polar surface area (TPSA) is 85.9 Å². The van der Waals surface area contributed by atoms with Crippen LogP contribution in [-0.4, -0.2) is 28.7 Å². The Kier molecular flexibility index (Phi) is 9.96. The molecular formula is C7H13N2NaO3S. The van der Waals surface area contributed by atoms with Gasteiger partial charge in [-0.25, -0.2) is 13.4 Å². The maximum atomic E-state index is 9.68. The smallest absolute Gasteiger partial charge is 0.748 e. The maximum Gasteiger partial charge on any atom is 1.00 e. The molecule has 1 N–H and O–H groups in total. The second-order valence-corrected chi connectivity index (χ2v) is 3.96. The fourth-order valence-electron chi connectivity index (χ4n) is 0.594. The molecule has 0 aliphatic rings. The van der Waals surface area contributed by atoms with Crippen LogP contribution in [0, 0.1) is 6.92 Å². The molecule has 76 valence electrons. The summed E-state index contributed by atoms with van der Waals surface area (Å²) in [6, 6.07) is 0. The van der Waals surface area contributed by atoms with Crippen LogP contribution in [0.5, 0.6) is 0 Å². The first-order valence-electron chi connectivity index (χ1n) is 3.85. The van der Waals surface area contributed by atoms with E-state index in [-0.39, 0.29) is 35.3 Å². The van der Waals surface area contributed by atoms with E-state index < -0.39 is 10.1 Å². The van der Waals surface area contributed by atoms with Crippen molar-refractivity contribution in [1.82, 2.24) is 9.97 Å². The van der Waals surface area contributed by atoms with Crippen molar-refractivity contribution in [1.29, 1.82) is 0 Å². The second-order valence-electron chi connectivity index (χ2n) is 2.44. The van der Waals surface area contributed by atoms with Crippen molar-refractivity contribution in [2.75, 3.05) is 5.75 Å². The van der Waals surface area contributed by atoms with Crippen LogP contribution in [0.1, 0.15) is 19.2 Å². The Morgan fingerprint density at radius 2 is 2.14 bits per heavy atom. The van der Waals surface area contributed by atoms with Crippen LogP contribution in [0.15, 0.2) is 12.4 Å². The van der Waals surface area contributed by atoms with Crippen LogP contribution in [0.3, 0.4) is 0 Å². The van der Waals surface area contributed by atoms with Crippen molar-refractivity contribution < 1.29 is 42.5 Å². The molecule has 0 aliphatic carbocycles. The third-order valence-corrected chi connectivity index (χ3v) is 2.00. The Balaban J connectivity index is 0. The number of aryl methyl sites for hydroxylation is 1. The number of rotatable bonds is 2. The molecule has 0 saturated carbocycles. The van der Waals surface area contributed by atoms with Gasteiger partial charge in [0, 0.05) is 18.1 Å². The zero-order chi connectivity index (χ0) is 10.3. The van der Waals surface area contributed by atoms with Crippen molar-refractivity contribution >= 4 is 10.1 Å². The minimum Gasteiger partial charge on any atom is -0.748 e. The van der Waals surface area contributed by atoms with Crippen LogP contribution < -0.4 is 29.6 Å². The molecule has 0 radical (unpaired) electrons. The molecule has 0 spiro atoms. The Morgan fingerprint density at radius 3 is 2.21 bits per heavy atom. The van der Waals surface area contributed by atoms with E-state index in [1.807, 2.05) is 6.92 Å². The zero-order valence-electron chi connectivity index (χ0n) is 8.65. The van der Waals surface area contributed by atoms with Crippen molar-refractivity contribution in [3.05, 3.63) is 18.2 Å². The third-order valence-electron chi connectivity index (χ3n) is 1.09. The standard InChI is InChI=1S/C4H6N2.C3H8O3S.Na/c1-4-5-2-3-6-4;1-2-3-7(4,5)6;/h2-3H,1H3,(H,5,6);2-3H2,1H3,(H,4,5,6);/q;;+1/p-1. The summed E-state index contributed by atoms with van der Waals surface area (Å²) in [5, 5.41) is 0. The first-order chi connectivity index (χ1) is 5.95. The number of hydrogen-bond donors (Lipinski definition) is 1. The van der Waals surface area contributed by atoms with Gasteiger partial charge < -0.3 is 9.54 Å². The summed E-state index contributed by atoms with van der Waals surface area (Å²) in [7, 11) is -3.92. The first kappa shape index (κ1) is 16.5. The van der Waals surface area contributed by atoms with Gasteiger partial charge in [-0.15, -0.1) is 0 Å². The summed E-state index contributed by atoms with van der Waals surface area (Å²) >= 11 is 0. The minimum absolute atomic E-state index is 0. The van der Waals surface area contributed by atoms with E-state index in [1.165, 1.54) is 0 Å². The Bertz CT molecular complexity index is 310. The number of aromatic nitrogens is 2. The van der Waals surface area contributed by atoms with Gasteiger partial charge in [-0.05, 0) is 13.3 Å². The molecule has 0 fully saturated rings. The molecule has 0 amide bonds. The van der Waals surface area contributed by atoms with E-state index in [2.05, 4.69) is 9.97 Å². The number of hydrogen-bond acceptors (Lipinski definition) is 4. The van der Waals surface area contributed by atoms with Gasteiger partial charge in [0.2, 0.25) is 0 Å². The fourth-order valence-corrected chi connectivity index (χ4v) is 1.09. The fraction of sp³-hybridized carbons (Fsp3) is 0.571. The predicted octanol–water partition coefficient (Wildman–Crippen LogP) is -2.34. The summed E-state index contributed by atoms with van der Waals surface area (Å²) in [5.74, 6) is 0.725. The first-order valence-corrected chi connectivity index (χ1v) is 5.43. The third kappa shape index (κ3) is 12.1. The second kappa shape index (κ2) is 8.43. The van der Waals surface area contributed by atoms with E-state index in [0.717, 1.165) is 5.82 Å². The minimum atomic E-state index is -3.92. The molecule has 1 aromatic rings. The Hall–Kier alpha value is 0.120. The van der Waals surface area contributed by atoms with Crippen LogP contribution >= 0.6 is 0 Å². The van der Waals surface area contributed by atoms with E-state index in [4.69, 9.17) is 0 Å². The van der Waals surface area contributed by atoms with Crippen LogP contribution in [-0.2, 0) is 10.1 Å². The van der Waals surface area contributed by atoms with E-state index in [1.54, 1.807) is 19.3 Å². The summed E-state index contributed by atoms with van der Waals surface area (Å²) in [5.41, 5.74) is 0. The molecule has 1 aromatic heterocycles. The molecule has 0 aromatic carbocycles. The van der Waals surface area contributed by atoms with E-state index in [0.29, 0.717) is 6.42 Å². The van der Waals surface area contributed by atoms with Gasteiger partial charge in [-0.1, -0.05) is 6.92 Å². The van der Waals surface area contributed by atoms with Gasteiger partial charge in [0.05, 0.1) is 10.1 Å². The normalized spacial score (nSPS) is 9.64. The molecule has 0 atom stereocenters. The van der Waals surface area contributed by atoms with Crippen molar-refractivity contribution in [2.45, 2.75) is 20.3 Å². The van der Waals surface area contributed by atoms with Crippen LogP contribution in [0.2, 0.25) is 0 Å². The van der Waals surface area contributed by atoms with E-state index in [9.17, 15) is 13.0 Å². The molecular weight excluding hydrogens is 215 g/mol.